The van der Waals surface area contributed by atoms with Gasteiger partial charge in [-0.15, -0.1) is 0 Å². The second kappa shape index (κ2) is 10.9. The first kappa shape index (κ1) is 25.2. The fourth-order valence-electron chi connectivity index (χ4n) is 4.24. The zero-order valence-electron chi connectivity index (χ0n) is 21.8. The number of amides is 1. The van der Waals surface area contributed by atoms with Gasteiger partial charge in [0.1, 0.15) is 23.5 Å². The molecule has 4 heterocycles. The minimum atomic E-state index is -0.285. The molecule has 0 spiro atoms. The van der Waals surface area contributed by atoms with Crippen LogP contribution in [0.4, 0.5) is 5.82 Å². The number of nitrogen functional groups attached to an aromatic ring is 1. The van der Waals surface area contributed by atoms with Gasteiger partial charge in [-0.3, -0.25) is 18.4 Å². The van der Waals surface area contributed by atoms with Gasteiger partial charge in [0.2, 0.25) is 0 Å². The molecular weight excluding hydrogens is 490 g/mol. The van der Waals surface area contributed by atoms with E-state index in [-0.39, 0.29) is 11.7 Å². The maximum atomic E-state index is 11.5. The average Bonchev–Trinajstić information content (AvgIpc) is 3.70. The Kier molecular flexibility index (Phi) is 7.05. The summed E-state index contributed by atoms with van der Waals surface area (Å²) in [7, 11) is 3.43. The van der Waals surface area contributed by atoms with Crippen LogP contribution in [-0.2, 0) is 13.5 Å². The number of aryl methyl sites for hydroxylation is 2. The van der Waals surface area contributed by atoms with Gasteiger partial charge in [0.05, 0.1) is 28.4 Å². The van der Waals surface area contributed by atoms with E-state index in [1.165, 1.54) is 13.4 Å². The van der Waals surface area contributed by atoms with Crippen molar-refractivity contribution >= 4 is 28.4 Å². The van der Waals surface area contributed by atoms with E-state index in [1.54, 1.807) is 27.7 Å². The summed E-state index contributed by atoms with van der Waals surface area (Å²) in [5, 5.41) is 6.66. The number of fused-ring (bicyclic) bond motifs is 2. The lowest BCUT2D eigenvalue weighted by atomic mass is 10.1. The highest BCUT2D eigenvalue weighted by molar-refractivity contribution is 6.03. The molecule has 10 nitrogen and oxygen atoms in total. The largest absolute Gasteiger partial charge is 0.383 e. The van der Waals surface area contributed by atoms with Gasteiger partial charge in [-0.2, -0.15) is 5.10 Å². The third-order valence-corrected chi connectivity index (χ3v) is 6.05. The molecule has 6 aromatic rings. The fraction of sp³-hybridized carbons (Fsp3) is 0.138. The molecule has 0 aliphatic rings. The van der Waals surface area contributed by atoms with Crippen LogP contribution in [0.25, 0.3) is 22.4 Å². The number of carbonyl (C=O) groups excluding carboxylic acids is 1. The second-order valence-electron chi connectivity index (χ2n) is 8.62. The summed E-state index contributed by atoms with van der Waals surface area (Å²) >= 11 is 0. The second-order valence-corrected chi connectivity index (χ2v) is 8.62. The van der Waals surface area contributed by atoms with Crippen molar-refractivity contribution in [1.82, 2.24) is 39.0 Å². The molecule has 0 radical (unpaired) electrons. The predicted molar refractivity (Wildman–Crippen MR) is 150 cm³/mol. The predicted octanol–water partition coefficient (Wildman–Crippen LogP) is 3.39. The summed E-state index contributed by atoms with van der Waals surface area (Å²) in [5.41, 5.74) is 11.4. The smallest absolute Gasteiger partial charge is 0.258 e. The number of nitrogens with one attached hydrogen (secondary N) is 1. The zero-order valence-corrected chi connectivity index (χ0v) is 21.8. The van der Waals surface area contributed by atoms with Crippen molar-refractivity contribution in [2.45, 2.75) is 13.3 Å². The lowest BCUT2D eigenvalue weighted by molar-refractivity contribution is 0.0964. The number of nitrogens with zero attached hydrogens (tertiary/aromatic N) is 7. The first-order valence-electron chi connectivity index (χ1n) is 12.4. The van der Waals surface area contributed by atoms with Crippen LogP contribution < -0.4 is 11.1 Å². The van der Waals surface area contributed by atoms with Crippen molar-refractivity contribution in [3.8, 4) is 17.5 Å². The van der Waals surface area contributed by atoms with E-state index in [0.717, 1.165) is 40.1 Å². The first-order chi connectivity index (χ1) is 19.0. The molecule has 6 rings (SSSR count). The Morgan fingerprint density at radius 3 is 2.62 bits per heavy atom. The summed E-state index contributed by atoms with van der Waals surface area (Å²) in [6.45, 7) is 2.13. The molecule has 0 saturated carbocycles. The van der Waals surface area contributed by atoms with Crippen LogP contribution >= 0.6 is 0 Å². The van der Waals surface area contributed by atoms with Gasteiger partial charge in [-0.1, -0.05) is 43.0 Å². The van der Waals surface area contributed by atoms with Gasteiger partial charge in [0, 0.05) is 44.8 Å². The van der Waals surface area contributed by atoms with E-state index >= 15 is 0 Å². The highest BCUT2D eigenvalue weighted by Crippen LogP contribution is 2.25. The number of rotatable bonds is 3. The van der Waals surface area contributed by atoms with Crippen molar-refractivity contribution in [2.75, 3.05) is 12.8 Å². The topological polar surface area (TPSA) is 121 Å². The molecule has 0 aliphatic heterocycles. The third-order valence-electron chi connectivity index (χ3n) is 6.05. The summed E-state index contributed by atoms with van der Waals surface area (Å²) in [6, 6.07) is 16.4. The van der Waals surface area contributed by atoms with Gasteiger partial charge in [-0.05, 0) is 24.3 Å². The van der Waals surface area contributed by atoms with Gasteiger partial charge in [-0.25, -0.2) is 15.0 Å². The Labute approximate surface area is 225 Å². The van der Waals surface area contributed by atoms with Gasteiger partial charge in [0.15, 0.2) is 5.65 Å². The Morgan fingerprint density at radius 2 is 1.90 bits per heavy atom. The van der Waals surface area contributed by atoms with Crippen molar-refractivity contribution in [3.05, 3.63) is 102 Å². The molecular formula is C29H27N9O. The van der Waals surface area contributed by atoms with E-state index in [2.05, 4.69) is 55.8 Å². The molecule has 2 aromatic carbocycles. The molecule has 0 saturated heterocycles. The molecule has 0 bridgehead atoms. The van der Waals surface area contributed by atoms with Crippen LogP contribution in [0.3, 0.4) is 0 Å². The van der Waals surface area contributed by atoms with Crippen LogP contribution in [0.2, 0.25) is 0 Å². The Morgan fingerprint density at radius 1 is 1.08 bits per heavy atom. The molecule has 0 unspecified atom stereocenters. The Hall–Kier alpha value is -5.43. The SMILES string of the molecule is CCc1nc2cccc(C#Cc3cnn(C)c3)c2n1-c1ccccc1.CNC(=O)c1c(N)ncn2ccnc12. The van der Waals surface area contributed by atoms with Crippen LogP contribution in [0.5, 0.6) is 0 Å². The molecule has 0 aliphatic carbocycles. The van der Waals surface area contributed by atoms with E-state index in [9.17, 15) is 4.79 Å². The quantitative estimate of drug-likeness (QED) is 0.347. The molecule has 1 amide bonds. The average molecular weight is 518 g/mol. The van der Waals surface area contributed by atoms with E-state index in [0.29, 0.717) is 11.2 Å². The minimum absolute atomic E-state index is 0.183. The standard InChI is InChI=1S/C21H18N4.C8H9N5O/c1-3-20-23-19-11-7-8-17(13-12-16-14-22-24(2)15-16)21(19)25(20)18-9-5-4-6-10-18;1-10-8(14)5-6(9)12-4-13-3-2-11-7(5)13/h4-11,14-15H,3H2,1-2H3;2-4H,9H2,1H3,(H,10,14). The van der Waals surface area contributed by atoms with Crippen molar-refractivity contribution in [2.24, 2.45) is 7.05 Å². The first-order valence-corrected chi connectivity index (χ1v) is 12.4. The normalized spacial score (nSPS) is 10.5. The van der Waals surface area contributed by atoms with Gasteiger partial charge < -0.3 is 11.1 Å². The number of hydrogen-bond donors (Lipinski definition) is 2. The monoisotopic (exact) mass is 517 g/mol. The van der Waals surface area contributed by atoms with Crippen LogP contribution in [-0.4, -0.2) is 46.7 Å². The molecule has 3 N–H and O–H groups in total. The molecule has 39 heavy (non-hydrogen) atoms. The summed E-state index contributed by atoms with van der Waals surface area (Å²) < 4.78 is 5.61. The van der Waals surface area contributed by atoms with Crippen molar-refractivity contribution < 1.29 is 4.79 Å². The van der Waals surface area contributed by atoms with Gasteiger partial charge in [0.25, 0.3) is 5.91 Å². The fourth-order valence-corrected chi connectivity index (χ4v) is 4.24. The molecule has 194 valence electrons. The van der Waals surface area contributed by atoms with Gasteiger partial charge >= 0.3 is 0 Å². The highest BCUT2D eigenvalue weighted by Gasteiger charge is 2.15. The lowest BCUT2D eigenvalue weighted by Gasteiger charge is -2.09. The van der Waals surface area contributed by atoms with E-state index in [4.69, 9.17) is 10.7 Å². The molecule has 0 fully saturated rings. The van der Waals surface area contributed by atoms with Crippen LogP contribution in [0, 0.1) is 11.8 Å². The maximum Gasteiger partial charge on any atom is 0.258 e. The maximum absolute atomic E-state index is 11.5. The number of benzene rings is 2. The number of aromatic nitrogens is 7. The number of anilines is 1. The Bertz CT molecular complexity index is 1830. The number of imidazole rings is 2. The summed E-state index contributed by atoms with van der Waals surface area (Å²) in [6.07, 6.45) is 9.36. The lowest BCUT2D eigenvalue weighted by Crippen LogP contribution is -2.21. The number of para-hydroxylation sites is 2. The van der Waals surface area contributed by atoms with Crippen molar-refractivity contribution in [3.63, 3.8) is 0 Å². The summed E-state index contributed by atoms with van der Waals surface area (Å²) in [4.78, 5) is 24.2. The zero-order chi connectivity index (χ0) is 27.4. The number of nitrogens with two attached hydrogens (primary N) is 1. The van der Waals surface area contributed by atoms with Crippen LogP contribution in [0.15, 0.2) is 79.6 Å². The summed E-state index contributed by atoms with van der Waals surface area (Å²) in [5.74, 6) is 7.44. The number of carbonyl (C=O) groups is 1. The van der Waals surface area contributed by atoms with E-state index in [1.807, 2.05) is 49.6 Å². The van der Waals surface area contributed by atoms with Crippen molar-refractivity contribution in [1.29, 1.82) is 0 Å². The number of hydrogen-bond acceptors (Lipinski definition) is 6. The molecule has 10 heteroatoms. The van der Waals surface area contributed by atoms with E-state index < -0.39 is 0 Å². The van der Waals surface area contributed by atoms with Crippen LogP contribution in [0.1, 0.15) is 34.2 Å². The minimum Gasteiger partial charge on any atom is -0.383 e. The molecule has 4 aromatic heterocycles. The molecule has 0 atom stereocenters. The Balaban J connectivity index is 0.000000186. The highest BCUT2D eigenvalue weighted by atomic mass is 16.1. The third kappa shape index (κ3) is 5.06.